The van der Waals surface area contributed by atoms with E-state index >= 15 is 0 Å². The average Bonchev–Trinajstić information content (AvgIpc) is 2.67. The summed E-state index contributed by atoms with van der Waals surface area (Å²) in [5.74, 6) is 0.737. The van der Waals surface area contributed by atoms with Crippen molar-refractivity contribution < 1.29 is 9.53 Å². The number of amides is 1. The molecule has 0 spiro atoms. The minimum Gasteiger partial charge on any atom is -0.484 e. The number of fused-ring (bicyclic) bond motifs is 1. The molecule has 2 aromatic rings. The van der Waals surface area contributed by atoms with Crippen molar-refractivity contribution in [2.45, 2.75) is 45.6 Å². The number of anilines is 1. The number of hydrogen-bond acceptors (Lipinski definition) is 4. The number of hydrogen-bond donors (Lipinski definition) is 1. The van der Waals surface area contributed by atoms with E-state index in [1.165, 1.54) is 11.3 Å². The Bertz CT molecular complexity index is 893. The number of rotatable bonds is 6. The van der Waals surface area contributed by atoms with Crippen molar-refractivity contribution >= 4 is 29.4 Å². The molecular formula is C23H28ClN3O2. The molecule has 6 heteroatoms. The first-order valence-corrected chi connectivity index (χ1v) is 10.3. The van der Waals surface area contributed by atoms with Crippen molar-refractivity contribution in [3.8, 4) is 5.75 Å². The van der Waals surface area contributed by atoms with Gasteiger partial charge in [-0.25, -0.2) is 5.43 Å². The molecule has 154 valence electrons. The average molecular weight is 414 g/mol. The predicted octanol–water partition coefficient (Wildman–Crippen LogP) is 4.98. The minimum atomic E-state index is -0.318. The number of ether oxygens (including phenoxy) is 1. The van der Waals surface area contributed by atoms with Crippen molar-refractivity contribution in [3.63, 3.8) is 0 Å². The van der Waals surface area contributed by atoms with Gasteiger partial charge in [-0.1, -0.05) is 24.6 Å². The topological polar surface area (TPSA) is 53.9 Å². The van der Waals surface area contributed by atoms with Gasteiger partial charge in [0.15, 0.2) is 6.61 Å². The maximum Gasteiger partial charge on any atom is 0.277 e. The zero-order valence-corrected chi connectivity index (χ0v) is 18.2. The van der Waals surface area contributed by atoms with E-state index in [1.54, 1.807) is 30.5 Å². The molecule has 0 radical (unpaired) electrons. The van der Waals surface area contributed by atoms with Gasteiger partial charge >= 0.3 is 0 Å². The highest BCUT2D eigenvalue weighted by atomic mass is 35.5. The lowest BCUT2D eigenvalue weighted by Gasteiger charge is -2.47. The van der Waals surface area contributed by atoms with Crippen LogP contribution in [-0.4, -0.2) is 30.8 Å². The lowest BCUT2D eigenvalue weighted by Crippen LogP contribution is -2.48. The van der Waals surface area contributed by atoms with E-state index in [1.807, 2.05) is 6.07 Å². The van der Waals surface area contributed by atoms with Crippen LogP contribution in [-0.2, 0) is 4.79 Å². The van der Waals surface area contributed by atoms with Crippen molar-refractivity contribution in [1.29, 1.82) is 0 Å². The molecule has 1 atom stereocenters. The predicted molar refractivity (Wildman–Crippen MR) is 119 cm³/mol. The fourth-order valence-electron chi connectivity index (χ4n) is 4.08. The van der Waals surface area contributed by atoms with Gasteiger partial charge in [-0.05, 0) is 80.6 Å². The zero-order valence-electron chi connectivity index (χ0n) is 17.4. The van der Waals surface area contributed by atoms with Gasteiger partial charge in [0.2, 0.25) is 0 Å². The number of nitrogens with zero attached hydrogens (tertiary/aromatic N) is 2. The second-order valence-corrected chi connectivity index (χ2v) is 8.45. The molecule has 3 rings (SSSR count). The van der Waals surface area contributed by atoms with E-state index in [9.17, 15) is 4.79 Å². The van der Waals surface area contributed by atoms with Gasteiger partial charge < -0.3 is 9.64 Å². The number of nitrogens with one attached hydrogen (secondary N) is 1. The standard InChI is InChI=1S/C23H28ClN3O2/c1-5-27-21-11-6-17(12-20(21)16(2)13-23(27,3)4)14-25-26-22(28)15-29-19-9-7-18(24)8-10-19/h6-12,14,16H,5,13,15H2,1-4H3,(H,26,28)/b25-14-/t16-/m1/s1. The van der Waals surface area contributed by atoms with E-state index in [2.05, 4.69) is 55.3 Å². The summed E-state index contributed by atoms with van der Waals surface area (Å²) in [6, 6.07) is 13.2. The Morgan fingerprint density at radius 3 is 2.72 bits per heavy atom. The Kier molecular flexibility index (Phi) is 6.48. The van der Waals surface area contributed by atoms with Crippen LogP contribution < -0.4 is 15.1 Å². The highest BCUT2D eigenvalue weighted by Crippen LogP contribution is 2.43. The molecule has 0 aliphatic carbocycles. The molecular weight excluding hydrogens is 386 g/mol. The van der Waals surface area contributed by atoms with E-state index in [4.69, 9.17) is 16.3 Å². The summed E-state index contributed by atoms with van der Waals surface area (Å²) in [6.45, 7) is 9.92. The van der Waals surface area contributed by atoms with Crippen LogP contribution in [0.15, 0.2) is 47.6 Å². The molecule has 1 aliphatic rings. The molecule has 1 aliphatic heterocycles. The molecule has 1 amide bonds. The Hall–Kier alpha value is -2.53. The molecule has 0 fully saturated rings. The van der Waals surface area contributed by atoms with Gasteiger partial charge in [-0.15, -0.1) is 0 Å². The van der Waals surface area contributed by atoms with Crippen molar-refractivity contribution in [1.82, 2.24) is 5.43 Å². The van der Waals surface area contributed by atoms with Gasteiger partial charge in [0.1, 0.15) is 5.75 Å². The van der Waals surface area contributed by atoms with Crippen molar-refractivity contribution in [3.05, 3.63) is 58.6 Å². The van der Waals surface area contributed by atoms with Gasteiger partial charge in [0.25, 0.3) is 5.91 Å². The molecule has 0 unspecified atom stereocenters. The number of halogens is 1. The first-order valence-electron chi connectivity index (χ1n) is 9.92. The van der Waals surface area contributed by atoms with Crippen LogP contribution in [0.3, 0.4) is 0 Å². The van der Waals surface area contributed by atoms with Crippen LogP contribution in [0.25, 0.3) is 0 Å². The molecule has 1 N–H and O–H groups in total. The summed E-state index contributed by atoms with van der Waals surface area (Å²) in [7, 11) is 0. The molecule has 29 heavy (non-hydrogen) atoms. The monoisotopic (exact) mass is 413 g/mol. The molecule has 2 aromatic carbocycles. The van der Waals surface area contributed by atoms with Gasteiger partial charge in [0, 0.05) is 22.8 Å². The molecule has 0 bridgehead atoms. The molecule has 1 heterocycles. The van der Waals surface area contributed by atoms with E-state index in [0.717, 1.165) is 18.5 Å². The fourth-order valence-corrected chi connectivity index (χ4v) is 4.20. The number of benzene rings is 2. The lowest BCUT2D eigenvalue weighted by atomic mass is 9.79. The largest absolute Gasteiger partial charge is 0.484 e. The Labute approximate surface area is 177 Å². The number of carbonyl (C=O) groups is 1. The quantitative estimate of drug-likeness (QED) is 0.536. The first kappa shape index (κ1) is 21.2. The lowest BCUT2D eigenvalue weighted by molar-refractivity contribution is -0.123. The van der Waals surface area contributed by atoms with Gasteiger partial charge in [-0.2, -0.15) is 5.10 Å². The van der Waals surface area contributed by atoms with Crippen molar-refractivity contribution in [2.24, 2.45) is 5.10 Å². The summed E-state index contributed by atoms with van der Waals surface area (Å²) in [5.41, 5.74) is 6.23. The van der Waals surface area contributed by atoms with Crippen molar-refractivity contribution in [2.75, 3.05) is 18.1 Å². The normalized spacial score (nSPS) is 17.8. The van der Waals surface area contributed by atoms with Crippen LogP contribution in [0.2, 0.25) is 5.02 Å². The van der Waals surface area contributed by atoms with Crippen LogP contribution >= 0.6 is 11.6 Å². The SMILES string of the molecule is CCN1c2ccc(/C=N\NC(=O)COc3ccc(Cl)cc3)cc2[C@H](C)CC1(C)C. The second kappa shape index (κ2) is 8.87. The molecule has 0 saturated carbocycles. The van der Waals surface area contributed by atoms with Crippen LogP contribution in [0, 0.1) is 0 Å². The van der Waals surface area contributed by atoms with Gasteiger partial charge in [0.05, 0.1) is 6.21 Å². The van der Waals surface area contributed by atoms with Gasteiger partial charge in [-0.3, -0.25) is 4.79 Å². The Balaban J connectivity index is 1.60. The molecule has 0 saturated heterocycles. The zero-order chi connectivity index (χ0) is 21.0. The summed E-state index contributed by atoms with van der Waals surface area (Å²) in [5, 5.41) is 4.69. The highest BCUT2D eigenvalue weighted by Gasteiger charge is 2.35. The van der Waals surface area contributed by atoms with Crippen LogP contribution in [0.5, 0.6) is 5.75 Å². The van der Waals surface area contributed by atoms with Crippen LogP contribution in [0.1, 0.15) is 51.2 Å². The maximum absolute atomic E-state index is 11.9. The summed E-state index contributed by atoms with van der Waals surface area (Å²) < 4.78 is 5.41. The second-order valence-electron chi connectivity index (χ2n) is 8.02. The summed E-state index contributed by atoms with van der Waals surface area (Å²) in [6.07, 6.45) is 2.77. The number of carbonyl (C=O) groups excluding carboxylic acids is 1. The van der Waals surface area contributed by atoms with E-state index in [-0.39, 0.29) is 18.1 Å². The summed E-state index contributed by atoms with van der Waals surface area (Å²) in [4.78, 5) is 14.4. The third-order valence-corrected chi connectivity index (χ3v) is 5.56. The third-order valence-electron chi connectivity index (χ3n) is 5.31. The van der Waals surface area contributed by atoms with E-state index in [0.29, 0.717) is 16.7 Å². The maximum atomic E-state index is 11.9. The van der Waals surface area contributed by atoms with E-state index < -0.39 is 0 Å². The number of hydrazone groups is 1. The molecule has 5 nitrogen and oxygen atoms in total. The highest BCUT2D eigenvalue weighted by molar-refractivity contribution is 6.30. The minimum absolute atomic E-state index is 0.110. The fraction of sp³-hybridized carbons (Fsp3) is 0.391. The Morgan fingerprint density at radius 2 is 2.03 bits per heavy atom. The van der Waals surface area contributed by atoms with Crippen LogP contribution in [0.4, 0.5) is 5.69 Å². The Morgan fingerprint density at radius 1 is 1.31 bits per heavy atom. The molecule has 0 aromatic heterocycles. The third kappa shape index (κ3) is 5.10. The summed E-state index contributed by atoms with van der Waals surface area (Å²) >= 11 is 5.83. The smallest absolute Gasteiger partial charge is 0.277 e. The first-order chi connectivity index (χ1) is 13.8.